The highest BCUT2D eigenvalue weighted by Gasteiger charge is 2.37. The standard InChI is InChI=1S/C17H25BrN2S/c1-17(2,3)14-6-5-13(9-19)15(8-14)20(4)10-12-7-16(18)21-11-12/h7,11,13-15H,5-6,8,10H2,1-4H3. The Morgan fingerprint density at radius 3 is 2.67 bits per heavy atom. The molecule has 0 radical (unpaired) electrons. The summed E-state index contributed by atoms with van der Waals surface area (Å²) in [5.41, 5.74) is 1.68. The van der Waals surface area contributed by atoms with Gasteiger partial charge in [0.15, 0.2) is 0 Å². The largest absolute Gasteiger partial charge is 0.298 e. The number of thiophene rings is 1. The monoisotopic (exact) mass is 368 g/mol. The van der Waals surface area contributed by atoms with Crippen LogP contribution in [0, 0.1) is 28.6 Å². The fourth-order valence-corrected chi connectivity index (χ4v) is 4.61. The molecule has 1 aromatic rings. The van der Waals surface area contributed by atoms with Crippen molar-refractivity contribution in [2.75, 3.05) is 7.05 Å². The van der Waals surface area contributed by atoms with Crippen LogP contribution in [0.25, 0.3) is 0 Å². The van der Waals surface area contributed by atoms with Gasteiger partial charge in [0.05, 0.1) is 15.8 Å². The highest BCUT2D eigenvalue weighted by atomic mass is 79.9. The van der Waals surface area contributed by atoms with Crippen molar-refractivity contribution < 1.29 is 0 Å². The fraction of sp³-hybridized carbons (Fsp3) is 0.706. The van der Waals surface area contributed by atoms with E-state index < -0.39 is 0 Å². The Balaban J connectivity index is 2.08. The van der Waals surface area contributed by atoms with Crippen molar-refractivity contribution >= 4 is 27.3 Å². The molecule has 0 aromatic carbocycles. The van der Waals surface area contributed by atoms with E-state index in [2.05, 4.69) is 66.2 Å². The van der Waals surface area contributed by atoms with Crippen molar-refractivity contribution in [1.82, 2.24) is 4.90 Å². The zero-order valence-corrected chi connectivity index (χ0v) is 15.8. The van der Waals surface area contributed by atoms with Gasteiger partial charge in [0.1, 0.15) is 0 Å². The Hall–Kier alpha value is -0.370. The number of halogens is 1. The van der Waals surface area contributed by atoms with Crippen molar-refractivity contribution in [1.29, 1.82) is 5.26 Å². The molecular weight excluding hydrogens is 344 g/mol. The smallest absolute Gasteiger partial charge is 0.0701 e. The average molecular weight is 369 g/mol. The Morgan fingerprint density at radius 1 is 1.43 bits per heavy atom. The molecule has 0 bridgehead atoms. The van der Waals surface area contributed by atoms with Gasteiger partial charge in [-0.1, -0.05) is 20.8 Å². The van der Waals surface area contributed by atoms with Gasteiger partial charge in [-0.25, -0.2) is 0 Å². The summed E-state index contributed by atoms with van der Waals surface area (Å²) in [5.74, 6) is 0.888. The van der Waals surface area contributed by atoms with Crippen molar-refractivity contribution in [3.63, 3.8) is 0 Å². The van der Waals surface area contributed by atoms with Crippen LogP contribution < -0.4 is 0 Å². The summed E-state index contributed by atoms with van der Waals surface area (Å²) < 4.78 is 1.18. The second-order valence-electron chi connectivity index (χ2n) is 7.35. The van der Waals surface area contributed by atoms with E-state index >= 15 is 0 Å². The fourth-order valence-electron chi connectivity index (χ4n) is 3.40. The molecule has 0 amide bonds. The van der Waals surface area contributed by atoms with Crippen molar-refractivity contribution in [2.45, 2.75) is 52.6 Å². The summed E-state index contributed by atoms with van der Waals surface area (Å²) in [5, 5.41) is 11.7. The van der Waals surface area contributed by atoms with Crippen LogP contribution in [0.2, 0.25) is 0 Å². The maximum absolute atomic E-state index is 9.49. The molecular formula is C17H25BrN2S. The Kier molecular flexibility index (Phi) is 5.51. The topological polar surface area (TPSA) is 27.0 Å². The molecule has 0 aliphatic heterocycles. The van der Waals surface area contributed by atoms with Gasteiger partial charge in [0.2, 0.25) is 0 Å². The number of nitriles is 1. The third kappa shape index (κ3) is 4.31. The molecule has 116 valence electrons. The summed E-state index contributed by atoms with van der Waals surface area (Å²) >= 11 is 5.26. The van der Waals surface area contributed by atoms with Crippen LogP contribution in [-0.4, -0.2) is 18.0 Å². The van der Waals surface area contributed by atoms with Gasteiger partial charge in [-0.05, 0) is 70.6 Å². The molecule has 1 aliphatic carbocycles. The third-order valence-electron chi connectivity index (χ3n) is 4.83. The summed E-state index contributed by atoms with van der Waals surface area (Å²) in [6, 6.07) is 5.12. The molecule has 0 spiro atoms. The van der Waals surface area contributed by atoms with Crippen molar-refractivity contribution in [3.05, 3.63) is 20.8 Å². The molecule has 0 N–H and O–H groups in total. The minimum absolute atomic E-state index is 0.177. The molecule has 3 unspecified atom stereocenters. The van der Waals surface area contributed by atoms with E-state index in [1.165, 1.54) is 15.8 Å². The molecule has 2 rings (SSSR count). The number of hydrogen-bond acceptors (Lipinski definition) is 3. The first kappa shape index (κ1) is 17.0. The van der Waals surface area contributed by atoms with Gasteiger partial charge in [0.25, 0.3) is 0 Å². The summed E-state index contributed by atoms with van der Waals surface area (Å²) in [7, 11) is 2.17. The maximum Gasteiger partial charge on any atom is 0.0701 e. The third-order valence-corrected chi connectivity index (χ3v) is 6.38. The molecule has 1 aliphatic rings. The molecule has 21 heavy (non-hydrogen) atoms. The van der Waals surface area contributed by atoms with Crippen LogP contribution in [0.15, 0.2) is 15.2 Å². The van der Waals surface area contributed by atoms with E-state index in [0.29, 0.717) is 17.4 Å². The molecule has 1 saturated carbocycles. The zero-order chi connectivity index (χ0) is 15.6. The number of nitrogens with zero attached hydrogens (tertiary/aromatic N) is 2. The van der Waals surface area contributed by atoms with Crippen LogP contribution in [0.1, 0.15) is 45.6 Å². The lowest BCUT2D eigenvalue weighted by Crippen LogP contribution is -2.43. The molecule has 0 saturated heterocycles. The van der Waals surface area contributed by atoms with Crippen LogP contribution in [0.3, 0.4) is 0 Å². The average Bonchev–Trinajstić information content (AvgIpc) is 2.82. The maximum atomic E-state index is 9.49. The first-order valence-corrected chi connectivity index (χ1v) is 9.31. The predicted octanol–water partition coefficient (Wildman–Crippen LogP) is 5.30. The van der Waals surface area contributed by atoms with E-state index in [9.17, 15) is 5.26 Å². The van der Waals surface area contributed by atoms with Crippen LogP contribution in [-0.2, 0) is 6.54 Å². The summed E-state index contributed by atoms with van der Waals surface area (Å²) in [6.45, 7) is 7.92. The van der Waals surface area contributed by atoms with E-state index in [0.717, 1.165) is 19.4 Å². The van der Waals surface area contributed by atoms with Crippen molar-refractivity contribution in [3.8, 4) is 6.07 Å². The highest BCUT2D eigenvalue weighted by molar-refractivity contribution is 9.11. The number of hydrogen-bond donors (Lipinski definition) is 0. The van der Waals surface area contributed by atoms with Crippen LogP contribution in [0.4, 0.5) is 0 Å². The first-order chi connectivity index (χ1) is 9.81. The van der Waals surface area contributed by atoms with Gasteiger partial charge >= 0.3 is 0 Å². The minimum Gasteiger partial charge on any atom is -0.298 e. The van der Waals surface area contributed by atoms with E-state index in [1.54, 1.807) is 11.3 Å². The molecule has 3 atom stereocenters. The van der Waals surface area contributed by atoms with Crippen LogP contribution >= 0.6 is 27.3 Å². The Morgan fingerprint density at radius 2 is 2.14 bits per heavy atom. The van der Waals surface area contributed by atoms with Gasteiger partial charge < -0.3 is 0 Å². The lowest BCUT2D eigenvalue weighted by molar-refractivity contribution is 0.0714. The molecule has 4 heteroatoms. The summed E-state index contributed by atoms with van der Waals surface area (Å²) in [6.07, 6.45) is 3.38. The second kappa shape index (κ2) is 6.81. The predicted molar refractivity (Wildman–Crippen MR) is 93.2 cm³/mol. The molecule has 1 fully saturated rings. The summed E-state index contributed by atoms with van der Waals surface area (Å²) in [4.78, 5) is 2.39. The first-order valence-electron chi connectivity index (χ1n) is 7.64. The SMILES string of the molecule is CN(Cc1csc(Br)c1)C1CC(C(C)(C)C)CCC1C#N. The van der Waals surface area contributed by atoms with E-state index in [-0.39, 0.29) is 5.92 Å². The van der Waals surface area contributed by atoms with E-state index in [1.807, 2.05) is 0 Å². The lowest BCUT2D eigenvalue weighted by Gasteiger charge is -2.43. The molecule has 1 aromatic heterocycles. The molecule has 1 heterocycles. The van der Waals surface area contributed by atoms with Gasteiger partial charge in [-0.2, -0.15) is 5.26 Å². The van der Waals surface area contributed by atoms with Gasteiger partial charge in [0, 0.05) is 12.6 Å². The Labute approximate surface area is 141 Å². The molecule has 2 nitrogen and oxygen atoms in total. The van der Waals surface area contributed by atoms with Gasteiger partial charge in [-0.3, -0.25) is 4.90 Å². The zero-order valence-electron chi connectivity index (χ0n) is 13.4. The number of rotatable bonds is 3. The quantitative estimate of drug-likeness (QED) is 0.723. The van der Waals surface area contributed by atoms with E-state index in [4.69, 9.17) is 0 Å². The lowest BCUT2D eigenvalue weighted by atomic mass is 9.68. The normalized spacial score (nSPS) is 26.8. The van der Waals surface area contributed by atoms with Crippen LogP contribution in [0.5, 0.6) is 0 Å². The minimum atomic E-state index is 0.177. The second-order valence-corrected chi connectivity index (χ2v) is 9.64. The van der Waals surface area contributed by atoms with Gasteiger partial charge in [-0.15, -0.1) is 11.3 Å². The Bertz CT molecular complexity index is 512. The van der Waals surface area contributed by atoms with Crippen molar-refractivity contribution in [2.24, 2.45) is 17.3 Å². The highest BCUT2D eigenvalue weighted by Crippen LogP contribution is 2.41.